The van der Waals surface area contributed by atoms with Crippen LogP contribution in [0.1, 0.15) is 29.5 Å². The first-order valence-corrected chi connectivity index (χ1v) is 10.8. The molecule has 1 aliphatic rings. The minimum Gasteiger partial charge on any atom is -0.376 e. The van der Waals surface area contributed by atoms with Gasteiger partial charge in [-0.05, 0) is 79.6 Å². The Labute approximate surface area is 186 Å². The van der Waals surface area contributed by atoms with E-state index in [0.29, 0.717) is 29.4 Å². The van der Waals surface area contributed by atoms with Crippen molar-refractivity contribution in [3.63, 3.8) is 0 Å². The van der Waals surface area contributed by atoms with Crippen molar-refractivity contribution in [3.8, 4) is 0 Å². The standard InChI is InChI=1S/C24H26ClN3O3/c1-15-9-17-11-18(23(29)27-22(17)10-16(15)2)13-28(14-21-7-4-8-31-21)24(30)26-20-6-3-5-19(25)12-20/h3,5-6,9-12,21H,4,7-8,13-14H2,1-2H3,(H,26,30)(H,27,29)/t21-/m1/s1. The minimum absolute atomic E-state index is 0.0328. The number of carbonyl (C=O) groups excluding carboxylic acids is 1. The fraction of sp³-hybridized carbons (Fsp3) is 0.333. The number of anilines is 1. The van der Waals surface area contributed by atoms with E-state index < -0.39 is 0 Å². The van der Waals surface area contributed by atoms with Crippen LogP contribution in [0, 0.1) is 13.8 Å². The van der Waals surface area contributed by atoms with E-state index in [1.165, 1.54) is 0 Å². The Balaban J connectivity index is 1.62. The topological polar surface area (TPSA) is 74.4 Å². The second-order valence-electron chi connectivity index (χ2n) is 8.10. The molecule has 1 saturated heterocycles. The monoisotopic (exact) mass is 439 g/mol. The smallest absolute Gasteiger partial charge is 0.322 e. The van der Waals surface area contributed by atoms with Crippen molar-refractivity contribution < 1.29 is 9.53 Å². The summed E-state index contributed by atoms with van der Waals surface area (Å²) in [5, 5.41) is 4.38. The van der Waals surface area contributed by atoms with E-state index in [1.54, 1.807) is 29.2 Å². The lowest BCUT2D eigenvalue weighted by molar-refractivity contribution is 0.0818. The maximum atomic E-state index is 13.1. The number of carbonyl (C=O) groups is 1. The zero-order valence-electron chi connectivity index (χ0n) is 17.7. The van der Waals surface area contributed by atoms with Gasteiger partial charge in [-0.2, -0.15) is 0 Å². The third-order valence-corrected chi connectivity index (χ3v) is 5.94. The number of nitrogens with one attached hydrogen (secondary N) is 2. The molecule has 0 bridgehead atoms. The third kappa shape index (κ3) is 5.09. The molecular formula is C24H26ClN3O3. The summed E-state index contributed by atoms with van der Waals surface area (Å²) in [6.45, 7) is 5.36. The van der Waals surface area contributed by atoms with E-state index in [9.17, 15) is 9.59 Å². The number of urea groups is 1. The van der Waals surface area contributed by atoms with E-state index in [-0.39, 0.29) is 24.2 Å². The highest BCUT2D eigenvalue weighted by molar-refractivity contribution is 6.30. The highest BCUT2D eigenvalue weighted by Gasteiger charge is 2.24. The van der Waals surface area contributed by atoms with Gasteiger partial charge in [0.1, 0.15) is 0 Å². The molecule has 162 valence electrons. The number of amides is 2. The molecule has 6 nitrogen and oxygen atoms in total. The first-order valence-electron chi connectivity index (χ1n) is 10.5. The average Bonchev–Trinajstić information content (AvgIpc) is 3.23. The first-order chi connectivity index (χ1) is 14.9. The normalized spacial score (nSPS) is 15.9. The average molecular weight is 440 g/mol. The number of hydrogen-bond donors (Lipinski definition) is 2. The molecular weight excluding hydrogens is 414 g/mol. The van der Waals surface area contributed by atoms with Crippen LogP contribution in [0.15, 0.2) is 47.3 Å². The molecule has 3 aromatic rings. The molecule has 31 heavy (non-hydrogen) atoms. The molecule has 2 amide bonds. The molecule has 4 rings (SSSR count). The number of aromatic nitrogens is 1. The lowest BCUT2D eigenvalue weighted by Crippen LogP contribution is -2.40. The van der Waals surface area contributed by atoms with Crippen LogP contribution in [0.4, 0.5) is 10.5 Å². The molecule has 1 fully saturated rings. The number of hydrogen-bond acceptors (Lipinski definition) is 3. The molecule has 0 aliphatic carbocycles. The largest absolute Gasteiger partial charge is 0.376 e. The van der Waals surface area contributed by atoms with Crippen LogP contribution < -0.4 is 10.9 Å². The van der Waals surface area contributed by atoms with Gasteiger partial charge in [-0.3, -0.25) is 4.79 Å². The molecule has 1 atom stereocenters. The fourth-order valence-corrected chi connectivity index (χ4v) is 4.06. The van der Waals surface area contributed by atoms with Crippen molar-refractivity contribution in [3.05, 3.63) is 74.5 Å². The number of benzene rings is 2. The van der Waals surface area contributed by atoms with Crippen molar-refractivity contribution in [2.24, 2.45) is 0 Å². The summed E-state index contributed by atoms with van der Waals surface area (Å²) < 4.78 is 5.74. The van der Waals surface area contributed by atoms with Crippen LogP contribution in [0.3, 0.4) is 0 Å². The van der Waals surface area contributed by atoms with Gasteiger partial charge in [0.2, 0.25) is 0 Å². The zero-order valence-corrected chi connectivity index (χ0v) is 18.5. The predicted molar refractivity (Wildman–Crippen MR) is 124 cm³/mol. The Morgan fingerprint density at radius 3 is 2.77 bits per heavy atom. The minimum atomic E-state index is -0.294. The van der Waals surface area contributed by atoms with Gasteiger partial charge in [-0.25, -0.2) is 4.79 Å². The predicted octanol–water partition coefficient (Wildman–Crippen LogP) is 5.01. The van der Waals surface area contributed by atoms with Crippen LogP contribution in [0.2, 0.25) is 5.02 Å². The fourth-order valence-electron chi connectivity index (χ4n) is 3.87. The van der Waals surface area contributed by atoms with Gasteiger partial charge in [0.25, 0.3) is 5.56 Å². The van der Waals surface area contributed by atoms with Crippen molar-refractivity contribution in [2.75, 3.05) is 18.5 Å². The molecule has 2 N–H and O–H groups in total. The molecule has 2 heterocycles. The van der Waals surface area contributed by atoms with Gasteiger partial charge in [0.05, 0.1) is 12.6 Å². The Kier molecular flexibility index (Phi) is 6.30. The quantitative estimate of drug-likeness (QED) is 0.586. The number of halogens is 1. The summed E-state index contributed by atoms with van der Waals surface area (Å²) in [6.07, 6.45) is 1.84. The lowest BCUT2D eigenvalue weighted by Gasteiger charge is -2.26. The van der Waals surface area contributed by atoms with E-state index >= 15 is 0 Å². The molecule has 0 radical (unpaired) electrons. The van der Waals surface area contributed by atoms with Gasteiger partial charge in [0.15, 0.2) is 0 Å². The van der Waals surface area contributed by atoms with E-state index in [1.807, 2.05) is 26.0 Å². The van der Waals surface area contributed by atoms with E-state index in [0.717, 1.165) is 34.9 Å². The number of aryl methyl sites for hydroxylation is 2. The number of rotatable bonds is 5. The SMILES string of the molecule is Cc1cc2cc(CN(C[C@H]3CCCO3)C(=O)Nc3cccc(Cl)c3)c(=O)[nH]c2cc1C. The second-order valence-corrected chi connectivity index (χ2v) is 8.54. The molecule has 0 saturated carbocycles. The molecule has 7 heteroatoms. The maximum Gasteiger partial charge on any atom is 0.322 e. The van der Waals surface area contributed by atoms with Crippen molar-refractivity contribution in [1.82, 2.24) is 9.88 Å². The molecule has 1 aromatic heterocycles. The molecule has 2 aromatic carbocycles. The number of pyridine rings is 1. The third-order valence-electron chi connectivity index (χ3n) is 5.71. The molecule has 0 spiro atoms. The summed E-state index contributed by atoms with van der Waals surface area (Å²) in [7, 11) is 0. The molecule has 1 aliphatic heterocycles. The highest BCUT2D eigenvalue weighted by Crippen LogP contribution is 2.20. The van der Waals surface area contributed by atoms with Crippen molar-refractivity contribution in [2.45, 2.75) is 39.3 Å². The van der Waals surface area contributed by atoms with Gasteiger partial charge < -0.3 is 19.9 Å². The Hall–Kier alpha value is -2.83. The van der Waals surface area contributed by atoms with Gasteiger partial charge in [0, 0.05) is 34.9 Å². The summed E-state index contributed by atoms with van der Waals surface area (Å²) in [5.41, 5.74) is 4.02. The Morgan fingerprint density at radius 1 is 1.23 bits per heavy atom. The van der Waals surface area contributed by atoms with Gasteiger partial charge in [-0.15, -0.1) is 0 Å². The lowest BCUT2D eigenvalue weighted by atomic mass is 10.0. The van der Waals surface area contributed by atoms with Crippen LogP contribution in [-0.4, -0.2) is 35.2 Å². The Bertz CT molecular complexity index is 1170. The van der Waals surface area contributed by atoms with Crippen LogP contribution in [0.25, 0.3) is 10.9 Å². The van der Waals surface area contributed by atoms with Crippen LogP contribution in [0.5, 0.6) is 0 Å². The zero-order chi connectivity index (χ0) is 22.0. The van der Waals surface area contributed by atoms with Crippen molar-refractivity contribution >= 4 is 34.2 Å². The summed E-state index contributed by atoms with van der Waals surface area (Å²) >= 11 is 6.04. The first kappa shape index (κ1) is 21.4. The van der Waals surface area contributed by atoms with Crippen LogP contribution >= 0.6 is 11.6 Å². The molecule has 0 unspecified atom stereocenters. The van der Waals surface area contributed by atoms with Gasteiger partial charge >= 0.3 is 6.03 Å². The maximum absolute atomic E-state index is 13.1. The van der Waals surface area contributed by atoms with E-state index in [4.69, 9.17) is 16.3 Å². The summed E-state index contributed by atoms with van der Waals surface area (Å²) in [5.74, 6) is 0. The number of H-pyrrole nitrogens is 1. The number of aromatic amines is 1. The number of nitrogens with zero attached hydrogens (tertiary/aromatic N) is 1. The summed E-state index contributed by atoms with van der Waals surface area (Å²) in [4.78, 5) is 30.5. The second kappa shape index (κ2) is 9.12. The van der Waals surface area contributed by atoms with Gasteiger partial charge in [-0.1, -0.05) is 17.7 Å². The Morgan fingerprint density at radius 2 is 2.03 bits per heavy atom. The highest BCUT2D eigenvalue weighted by atomic mass is 35.5. The van der Waals surface area contributed by atoms with E-state index in [2.05, 4.69) is 16.4 Å². The number of ether oxygens (including phenoxy) is 1. The van der Waals surface area contributed by atoms with Crippen LogP contribution in [-0.2, 0) is 11.3 Å². The number of fused-ring (bicyclic) bond motifs is 1. The summed E-state index contributed by atoms with van der Waals surface area (Å²) in [6, 6.07) is 12.6. The van der Waals surface area contributed by atoms with Crippen molar-refractivity contribution in [1.29, 1.82) is 0 Å².